The second-order valence-corrected chi connectivity index (χ2v) is 6.84. The lowest BCUT2D eigenvalue weighted by Gasteiger charge is -2.34. The first-order valence-electron chi connectivity index (χ1n) is 8.84. The molecule has 8 heteroatoms. The monoisotopic (exact) mass is 332 g/mol. The zero-order valence-corrected chi connectivity index (χ0v) is 14.1. The van der Waals surface area contributed by atoms with Crippen LogP contribution in [-0.2, 0) is 4.74 Å². The van der Waals surface area contributed by atoms with E-state index < -0.39 is 0 Å². The van der Waals surface area contributed by atoms with E-state index in [0.29, 0.717) is 23.3 Å². The fourth-order valence-corrected chi connectivity index (χ4v) is 3.84. The summed E-state index contributed by atoms with van der Waals surface area (Å²) in [6.45, 7) is 2.69. The van der Waals surface area contributed by atoms with Crippen molar-refractivity contribution in [1.29, 1.82) is 0 Å². The molecule has 2 aromatic heterocycles. The van der Waals surface area contributed by atoms with E-state index in [-0.39, 0.29) is 0 Å². The van der Waals surface area contributed by atoms with Crippen molar-refractivity contribution >= 4 is 22.9 Å². The lowest BCUT2D eigenvalue weighted by atomic mass is 9.99. The van der Waals surface area contributed by atoms with E-state index >= 15 is 0 Å². The number of piperidine rings is 1. The van der Waals surface area contributed by atoms with Crippen LogP contribution in [0.1, 0.15) is 38.5 Å². The van der Waals surface area contributed by atoms with Crippen molar-refractivity contribution in [1.82, 2.24) is 20.3 Å². The molecule has 1 saturated carbocycles. The fraction of sp³-hybridized carbons (Fsp3) is 0.750. The summed E-state index contributed by atoms with van der Waals surface area (Å²) in [4.78, 5) is 11.6. The van der Waals surface area contributed by atoms with Gasteiger partial charge >= 0.3 is 0 Å². The van der Waals surface area contributed by atoms with Gasteiger partial charge in [-0.05, 0) is 41.9 Å². The predicted octanol–water partition coefficient (Wildman–Crippen LogP) is 2.23. The van der Waals surface area contributed by atoms with Gasteiger partial charge in [0.1, 0.15) is 0 Å². The largest absolute Gasteiger partial charge is 0.384 e. The number of hydrogen-bond donors (Lipinski definition) is 1. The van der Waals surface area contributed by atoms with Crippen molar-refractivity contribution in [2.45, 2.75) is 44.6 Å². The second-order valence-electron chi connectivity index (χ2n) is 6.84. The molecule has 4 rings (SSSR count). The summed E-state index contributed by atoms with van der Waals surface area (Å²) in [6, 6.07) is 0.468. The van der Waals surface area contributed by atoms with Crippen molar-refractivity contribution < 1.29 is 9.37 Å². The van der Waals surface area contributed by atoms with Crippen molar-refractivity contribution in [3.05, 3.63) is 0 Å². The number of nitrogens with zero attached hydrogens (tertiary/aromatic N) is 5. The topological polar surface area (TPSA) is 89.2 Å². The van der Waals surface area contributed by atoms with Crippen LogP contribution in [0.2, 0.25) is 0 Å². The van der Waals surface area contributed by atoms with E-state index in [1.54, 1.807) is 7.11 Å². The minimum atomic E-state index is 0.463. The highest BCUT2D eigenvalue weighted by Gasteiger charge is 2.26. The molecule has 2 aliphatic rings. The normalized spacial score (nSPS) is 22.4. The Bertz CT molecular complexity index is 682. The average Bonchev–Trinajstić information content (AvgIpc) is 3.26. The van der Waals surface area contributed by atoms with Gasteiger partial charge in [0, 0.05) is 26.2 Å². The van der Waals surface area contributed by atoms with Gasteiger partial charge < -0.3 is 15.0 Å². The minimum absolute atomic E-state index is 0.463. The van der Waals surface area contributed by atoms with Crippen LogP contribution in [0.25, 0.3) is 11.3 Å². The van der Waals surface area contributed by atoms with Crippen molar-refractivity contribution in [2.75, 3.05) is 37.0 Å². The van der Waals surface area contributed by atoms with Gasteiger partial charge in [0.15, 0.2) is 11.6 Å². The molecule has 1 N–H and O–H groups in total. The molecule has 0 spiro atoms. The Morgan fingerprint density at radius 1 is 1.12 bits per heavy atom. The molecule has 24 heavy (non-hydrogen) atoms. The molecule has 1 saturated heterocycles. The Morgan fingerprint density at radius 3 is 2.71 bits per heavy atom. The average molecular weight is 332 g/mol. The molecule has 0 bridgehead atoms. The maximum absolute atomic E-state index is 5.35. The number of hydrogen-bond acceptors (Lipinski definition) is 8. The van der Waals surface area contributed by atoms with Gasteiger partial charge in [0.2, 0.25) is 11.3 Å². The lowest BCUT2D eigenvalue weighted by molar-refractivity contribution is 0.143. The summed E-state index contributed by atoms with van der Waals surface area (Å²) >= 11 is 0. The Balaban J connectivity index is 1.63. The van der Waals surface area contributed by atoms with Crippen molar-refractivity contribution in [3.63, 3.8) is 0 Å². The molecular weight excluding hydrogens is 308 g/mol. The number of aromatic nitrogens is 4. The maximum atomic E-state index is 5.35. The van der Waals surface area contributed by atoms with Crippen LogP contribution < -0.4 is 10.2 Å². The Hall–Kier alpha value is -1.96. The molecule has 1 aliphatic heterocycles. The Morgan fingerprint density at radius 2 is 1.92 bits per heavy atom. The lowest BCUT2D eigenvalue weighted by Crippen LogP contribution is -2.38. The second kappa shape index (κ2) is 6.88. The van der Waals surface area contributed by atoms with Crippen molar-refractivity contribution in [2.24, 2.45) is 5.92 Å². The molecule has 2 aromatic rings. The maximum Gasteiger partial charge on any atom is 0.245 e. The third-order valence-electron chi connectivity index (χ3n) is 5.01. The van der Waals surface area contributed by atoms with Gasteiger partial charge in [-0.15, -0.1) is 0 Å². The number of methoxy groups -OCH3 is 1. The SMILES string of the molecule is COCC1CCCN(c2nc3nonc3nc2NC2CCCC2)C1. The van der Waals surface area contributed by atoms with Crippen LogP contribution in [0.5, 0.6) is 0 Å². The first kappa shape index (κ1) is 15.6. The van der Waals surface area contributed by atoms with E-state index in [0.717, 1.165) is 37.8 Å². The van der Waals surface area contributed by atoms with Gasteiger partial charge in [-0.1, -0.05) is 12.8 Å². The van der Waals surface area contributed by atoms with Crippen LogP contribution in [0.15, 0.2) is 4.63 Å². The van der Waals surface area contributed by atoms with Crippen LogP contribution in [0.4, 0.5) is 11.6 Å². The summed E-state index contributed by atoms with van der Waals surface area (Å²) in [5, 5.41) is 11.3. The predicted molar refractivity (Wildman–Crippen MR) is 90.1 cm³/mol. The summed E-state index contributed by atoms with van der Waals surface area (Å²) in [5.74, 6) is 2.20. The van der Waals surface area contributed by atoms with Crippen LogP contribution in [0, 0.1) is 5.92 Å². The van der Waals surface area contributed by atoms with E-state index in [1.807, 2.05) is 0 Å². The van der Waals surface area contributed by atoms with Gasteiger partial charge in [-0.25, -0.2) is 14.6 Å². The molecule has 0 aromatic carbocycles. The van der Waals surface area contributed by atoms with Gasteiger partial charge in [0.25, 0.3) is 0 Å². The zero-order chi connectivity index (χ0) is 16.4. The summed E-state index contributed by atoms with van der Waals surface area (Å²) in [7, 11) is 1.76. The minimum Gasteiger partial charge on any atom is -0.384 e. The molecule has 2 fully saturated rings. The standard InChI is InChI=1S/C16H24N6O2/c1-23-10-11-5-4-8-22(9-11)16-15(17-12-6-2-3-7-12)18-13-14(19-16)21-24-20-13/h11-12H,2-10H2,1H3,(H,17,18,20). The van der Waals surface area contributed by atoms with E-state index in [1.165, 1.54) is 32.1 Å². The van der Waals surface area contributed by atoms with Gasteiger partial charge in [-0.2, -0.15) is 0 Å². The molecular formula is C16H24N6O2. The number of fused-ring (bicyclic) bond motifs is 1. The number of rotatable bonds is 5. The fourth-order valence-electron chi connectivity index (χ4n) is 3.84. The molecule has 1 unspecified atom stereocenters. The molecule has 8 nitrogen and oxygen atoms in total. The Labute approximate surface area is 140 Å². The molecule has 1 atom stereocenters. The first-order valence-corrected chi connectivity index (χ1v) is 8.84. The number of anilines is 2. The zero-order valence-electron chi connectivity index (χ0n) is 14.1. The molecule has 3 heterocycles. The molecule has 130 valence electrons. The van der Waals surface area contributed by atoms with Crippen LogP contribution >= 0.6 is 0 Å². The van der Waals surface area contributed by atoms with Crippen molar-refractivity contribution in [3.8, 4) is 0 Å². The smallest absolute Gasteiger partial charge is 0.245 e. The molecule has 0 radical (unpaired) electrons. The molecule has 0 amide bonds. The van der Waals surface area contributed by atoms with Gasteiger partial charge in [0.05, 0.1) is 6.61 Å². The highest BCUT2D eigenvalue weighted by Crippen LogP contribution is 2.31. The third-order valence-corrected chi connectivity index (χ3v) is 5.01. The van der Waals surface area contributed by atoms with Crippen LogP contribution in [0.3, 0.4) is 0 Å². The number of nitrogens with one attached hydrogen (secondary N) is 1. The van der Waals surface area contributed by atoms with E-state index in [4.69, 9.17) is 9.37 Å². The summed E-state index contributed by atoms with van der Waals surface area (Å²) in [6.07, 6.45) is 7.23. The number of ether oxygens (including phenoxy) is 1. The quantitative estimate of drug-likeness (QED) is 0.891. The third kappa shape index (κ3) is 3.15. The van der Waals surface area contributed by atoms with Crippen LogP contribution in [-0.4, -0.2) is 53.1 Å². The first-order chi connectivity index (χ1) is 11.8. The summed E-state index contributed by atoms with van der Waals surface area (Å²) in [5.41, 5.74) is 0.931. The highest BCUT2D eigenvalue weighted by atomic mass is 16.6. The van der Waals surface area contributed by atoms with E-state index in [2.05, 4.69) is 30.5 Å². The highest BCUT2D eigenvalue weighted by molar-refractivity contribution is 5.74. The molecule has 1 aliphatic carbocycles. The Kier molecular flexibility index (Phi) is 4.46. The summed E-state index contributed by atoms with van der Waals surface area (Å²) < 4.78 is 10.1. The van der Waals surface area contributed by atoms with Gasteiger partial charge in [-0.3, -0.25) is 0 Å². The van der Waals surface area contributed by atoms with E-state index in [9.17, 15) is 0 Å².